The normalized spacial score (nSPS) is 24.1. The molecular weight excluding hydrogens is 190 g/mol. The third-order valence-electron chi connectivity index (χ3n) is 3.40. The molecule has 1 saturated heterocycles. The quantitative estimate of drug-likeness (QED) is 0.771. The van der Waals surface area contributed by atoms with E-state index in [-0.39, 0.29) is 12.0 Å². The van der Waals surface area contributed by atoms with Crippen LogP contribution in [0.3, 0.4) is 0 Å². The van der Waals surface area contributed by atoms with Gasteiger partial charge in [0, 0.05) is 19.0 Å². The van der Waals surface area contributed by atoms with Crippen LogP contribution in [0.2, 0.25) is 0 Å². The first-order chi connectivity index (χ1) is 6.83. The van der Waals surface area contributed by atoms with Gasteiger partial charge in [0.05, 0.1) is 11.6 Å². The van der Waals surface area contributed by atoms with E-state index in [0.29, 0.717) is 5.78 Å². The number of likely N-dealkylation sites (tertiary alicyclic amines) is 1. The summed E-state index contributed by atoms with van der Waals surface area (Å²) in [6, 6.07) is 0.00102. The van der Waals surface area contributed by atoms with E-state index in [2.05, 4.69) is 4.90 Å². The Morgan fingerprint density at radius 1 is 1.27 bits per heavy atom. The lowest BCUT2D eigenvalue weighted by atomic mass is 9.91. The van der Waals surface area contributed by atoms with E-state index >= 15 is 0 Å². The van der Waals surface area contributed by atoms with Gasteiger partial charge in [-0.05, 0) is 26.7 Å². The van der Waals surface area contributed by atoms with Gasteiger partial charge >= 0.3 is 0 Å². The third-order valence-corrected chi connectivity index (χ3v) is 3.40. The molecule has 1 unspecified atom stereocenters. The minimum atomic E-state index is -0.531. The number of piperidine rings is 1. The second kappa shape index (κ2) is 4.62. The smallest absolute Gasteiger partial charge is 0.152 e. The first kappa shape index (κ1) is 12.7. The maximum atomic E-state index is 11.8. The molecule has 15 heavy (non-hydrogen) atoms. The topological polar surface area (TPSA) is 40.5 Å². The number of aliphatic hydroxyl groups is 1. The van der Waals surface area contributed by atoms with E-state index < -0.39 is 5.60 Å². The Labute approximate surface area is 92.5 Å². The average molecular weight is 213 g/mol. The molecule has 0 saturated carbocycles. The molecular formula is C12H23NO2. The zero-order valence-corrected chi connectivity index (χ0v) is 10.3. The van der Waals surface area contributed by atoms with E-state index in [1.54, 1.807) is 0 Å². The predicted molar refractivity (Wildman–Crippen MR) is 60.7 cm³/mol. The fourth-order valence-electron chi connectivity index (χ4n) is 2.06. The summed E-state index contributed by atoms with van der Waals surface area (Å²) in [5, 5.41) is 9.81. The van der Waals surface area contributed by atoms with Crippen LogP contribution in [-0.2, 0) is 4.79 Å². The number of ketones is 1. The van der Waals surface area contributed by atoms with Crippen LogP contribution in [0.1, 0.15) is 40.5 Å². The molecule has 0 amide bonds. The molecule has 3 heteroatoms. The highest BCUT2D eigenvalue weighted by Crippen LogP contribution is 2.23. The van der Waals surface area contributed by atoms with Crippen molar-refractivity contribution in [2.45, 2.75) is 52.2 Å². The number of rotatable bonds is 3. The standard InChI is InChI=1S/C12H23NO2/c1-9(2)11(14)10(3)13-7-5-12(4,15)6-8-13/h9-10,15H,5-8H2,1-4H3. The molecule has 1 N–H and O–H groups in total. The minimum absolute atomic E-state index is 0.00102. The maximum absolute atomic E-state index is 11.8. The zero-order valence-electron chi connectivity index (χ0n) is 10.3. The lowest BCUT2D eigenvalue weighted by molar-refractivity contribution is -0.128. The van der Waals surface area contributed by atoms with Crippen molar-refractivity contribution in [1.82, 2.24) is 4.90 Å². The van der Waals surface area contributed by atoms with Crippen LogP contribution in [0.4, 0.5) is 0 Å². The minimum Gasteiger partial charge on any atom is -0.390 e. The van der Waals surface area contributed by atoms with E-state index in [0.717, 1.165) is 25.9 Å². The number of carbonyl (C=O) groups excluding carboxylic acids is 1. The Morgan fingerprint density at radius 3 is 2.13 bits per heavy atom. The molecule has 1 heterocycles. The molecule has 1 aliphatic heterocycles. The molecule has 88 valence electrons. The largest absolute Gasteiger partial charge is 0.390 e. The summed E-state index contributed by atoms with van der Waals surface area (Å²) >= 11 is 0. The molecule has 0 aromatic rings. The van der Waals surface area contributed by atoms with Crippen molar-refractivity contribution in [3.8, 4) is 0 Å². The Balaban J connectivity index is 2.50. The van der Waals surface area contributed by atoms with Gasteiger partial charge in [-0.2, -0.15) is 0 Å². The summed E-state index contributed by atoms with van der Waals surface area (Å²) in [5.41, 5.74) is -0.531. The van der Waals surface area contributed by atoms with Crippen molar-refractivity contribution in [3.63, 3.8) is 0 Å². The zero-order chi connectivity index (χ0) is 11.6. The van der Waals surface area contributed by atoms with Gasteiger partial charge < -0.3 is 5.11 Å². The fourth-order valence-corrected chi connectivity index (χ4v) is 2.06. The summed E-state index contributed by atoms with van der Waals surface area (Å²) in [5.74, 6) is 0.402. The van der Waals surface area contributed by atoms with Gasteiger partial charge in [0.1, 0.15) is 0 Å². The Morgan fingerprint density at radius 2 is 1.73 bits per heavy atom. The first-order valence-electron chi connectivity index (χ1n) is 5.83. The summed E-state index contributed by atoms with van der Waals surface area (Å²) in [6.45, 7) is 9.39. The van der Waals surface area contributed by atoms with E-state index in [9.17, 15) is 9.90 Å². The molecule has 3 nitrogen and oxygen atoms in total. The molecule has 0 aliphatic carbocycles. The van der Waals surface area contributed by atoms with Gasteiger partial charge in [0.15, 0.2) is 5.78 Å². The van der Waals surface area contributed by atoms with Crippen LogP contribution in [0.25, 0.3) is 0 Å². The maximum Gasteiger partial charge on any atom is 0.152 e. The van der Waals surface area contributed by atoms with E-state index in [4.69, 9.17) is 0 Å². The summed E-state index contributed by atoms with van der Waals surface area (Å²) in [7, 11) is 0. The van der Waals surface area contributed by atoms with Crippen molar-refractivity contribution >= 4 is 5.78 Å². The molecule has 0 aromatic heterocycles. The molecule has 1 aliphatic rings. The monoisotopic (exact) mass is 213 g/mol. The fraction of sp³-hybridized carbons (Fsp3) is 0.917. The lowest BCUT2D eigenvalue weighted by Crippen LogP contribution is -2.49. The van der Waals surface area contributed by atoms with Crippen molar-refractivity contribution in [1.29, 1.82) is 0 Å². The molecule has 1 rings (SSSR count). The number of Topliss-reactive ketones (excluding diaryl/α,β-unsaturated/α-hetero) is 1. The average Bonchev–Trinajstić information content (AvgIpc) is 2.15. The highest BCUT2D eigenvalue weighted by Gasteiger charge is 2.31. The molecule has 0 aromatic carbocycles. The molecule has 1 fully saturated rings. The van der Waals surface area contributed by atoms with Gasteiger partial charge in [-0.1, -0.05) is 13.8 Å². The van der Waals surface area contributed by atoms with Crippen molar-refractivity contribution in [2.75, 3.05) is 13.1 Å². The van der Waals surface area contributed by atoms with Gasteiger partial charge in [0.2, 0.25) is 0 Å². The Hall–Kier alpha value is -0.410. The summed E-state index contributed by atoms with van der Waals surface area (Å²) < 4.78 is 0. The van der Waals surface area contributed by atoms with Crippen LogP contribution in [0.15, 0.2) is 0 Å². The van der Waals surface area contributed by atoms with Crippen LogP contribution >= 0.6 is 0 Å². The van der Waals surface area contributed by atoms with Crippen molar-refractivity contribution in [2.24, 2.45) is 5.92 Å². The second-order valence-corrected chi connectivity index (χ2v) is 5.27. The molecule has 0 bridgehead atoms. The molecule has 0 spiro atoms. The van der Waals surface area contributed by atoms with Gasteiger partial charge in [-0.3, -0.25) is 9.69 Å². The number of hydrogen-bond acceptors (Lipinski definition) is 3. The predicted octanol–water partition coefficient (Wildman–Crippen LogP) is 1.45. The van der Waals surface area contributed by atoms with Crippen molar-refractivity contribution in [3.05, 3.63) is 0 Å². The first-order valence-corrected chi connectivity index (χ1v) is 5.83. The molecule has 0 radical (unpaired) electrons. The van der Waals surface area contributed by atoms with Crippen LogP contribution in [-0.4, -0.2) is 40.5 Å². The number of carbonyl (C=O) groups is 1. The summed E-state index contributed by atoms with van der Waals surface area (Å²) in [6.07, 6.45) is 1.53. The van der Waals surface area contributed by atoms with Gasteiger partial charge in [0.25, 0.3) is 0 Å². The highest BCUT2D eigenvalue weighted by atomic mass is 16.3. The van der Waals surface area contributed by atoms with Crippen molar-refractivity contribution < 1.29 is 9.90 Å². The second-order valence-electron chi connectivity index (χ2n) is 5.27. The molecule has 1 atom stereocenters. The summed E-state index contributed by atoms with van der Waals surface area (Å²) in [4.78, 5) is 14.0. The Kier molecular flexibility index (Phi) is 3.90. The van der Waals surface area contributed by atoms with Crippen LogP contribution in [0.5, 0.6) is 0 Å². The number of nitrogens with zero attached hydrogens (tertiary/aromatic N) is 1. The van der Waals surface area contributed by atoms with Gasteiger partial charge in [-0.25, -0.2) is 0 Å². The highest BCUT2D eigenvalue weighted by molar-refractivity contribution is 5.85. The SMILES string of the molecule is CC(C)C(=O)C(C)N1CCC(C)(O)CC1. The number of hydrogen-bond donors (Lipinski definition) is 1. The van der Waals surface area contributed by atoms with Crippen LogP contribution < -0.4 is 0 Å². The van der Waals surface area contributed by atoms with Gasteiger partial charge in [-0.15, -0.1) is 0 Å². The van der Waals surface area contributed by atoms with E-state index in [1.165, 1.54) is 0 Å². The Bertz CT molecular complexity index is 226. The van der Waals surface area contributed by atoms with E-state index in [1.807, 2.05) is 27.7 Å². The lowest BCUT2D eigenvalue weighted by Gasteiger charge is -2.38. The van der Waals surface area contributed by atoms with Crippen LogP contribution in [0, 0.1) is 5.92 Å². The third kappa shape index (κ3) is 3.28.